The van der Waals surface area contributed by atoms with E-state index in [0.717, 1.165) is 50.7 Å². The van der Waals surface area contributed by atoms with Gasteiger partial charge in [0.2, 0.25) is 6.54 Å². The fraction of sp³-hybridized carbons (Fsp3) is 0.652. The highest BCUT2D eigenvalue weighted by molar-refractivity contribution is 7.99. The molecule has 0 bridgehead atoms. The van der Waals surface area contributed by atoms with Crippen LogP contribution in [0.3, 0.4) is 0 Å². The largest absolute Gasteiger partial charge is 0.481 e. The van der Waals surface area contributed by atoms with Gasteiger partial charge in [0, 0.05) is 17.1 Å². The van der Waals surface area contributed by atoms with Crippen LogP contribution in [-0.4, -0.2) is 34.0 Å². The molecule has 0 saturated heterocycles. The molecule has 0 aliphatic carbocycles. The Morgan fingerprint density at radius 1 is 0.931 bits per heavy atom. The summed E-state index contributed by atoms with van der Waals surface area (Å²) in [7, 11) is 0. The van der Waals surface area contributed by atoms with E-state index in [1.807, 2.05) is 18.2 Å². The van der Waals surface area contributed by atoms with Crippen LogP contribution in [0.15, 0.2) is 42.2 Å². The summed E-state index contributed by atoms with van der Waals surface area (Å²) >= 11 is 1.71. The highest BCUT2D eigenvalue weighted by Gasteiger charge is 1.97. The van der Waals surface area contributed by atoms with Crippen LogP contribution in [0.25, 0.3) is 0 Å². The fourth-order valence-electron chi connectivity index (χ4n) is 2.58. The maximum Gasteiger partial charge on any atom is 0.304 e. The van der Waals surface area contributed by atoms with E-state index < -0.39 is 5.97 Å². The van der Waals surface area contributed by atoms with E-state index in [1.165, 1.54) is 19.3 Å². The Labute approximate surface area is 180 Å². The number of nitrogens with zero attached hydrogens (tertiary/aromatic N) is 1. The van der Waals surface area contributed by atoms with Gasteiger partial charge in [0.05, 0.1) is 6.42 Å². The average Bonchev–Trinajstić information content (AvgIpc) is 2.68. The first kappa shape index (κ1) is 27.2. The van der Waals surface area contributed by atoms with Crippen molar-refractivity contribution < 1.29 is 14.8 Å². The third kappa shape index (κ3) is 26.2. The molecule has 0 aliphatic heterocycles. The number of hydrogen-bond acceptors (Lipinski definition) is 4. The van der Waals surface area contributed by atoms with Crippen LogP contribution in [0, 0.1) is 10.1 Å². The molecular weight excluding hydrogens is 386 g/mol. The fourth-order valence-corrected chi connectivity index (χ4v) is 3.51. The molecule has 0 amide bonds. The van der Waals surface area contributed by atoms with Gasteiger partial charge >= 0.3 is 5.97 Å². The molecule has 0 aromatic rings. The van der Waals surface area contributed by atoms with Gasteiger partial charge in [-0.15, -0.1) is 5.73 Å². The normalized spacial score (nSPS) is 11.0. The Kier molecular flexibility index (Phi) is 21.1. The molecule has 0 radical (unpaired) electrons. The van der Waals surface area contributed by atoms with Crippen LogP contribution in [0.1, 0.15) is 77.0 Å². The molecule has 0 rings (SSSR count). The lowest BCUT2D eigenvalue weighted by Crippen LogP contribution is -1.99. The lowest BCUT2D eigenvalue weighted by atomic mass is 10.1. The monoisotopic (exact) mass is 423 g/mol. The topological polar surface area (TPSA) is 80.4 Å². The molecule has 0 aliphatic rings. The maximum absolute atomic E-state index is 10.4. The van der Waals surface area contributed by atoms with Crippen molar-refractivity contribution in [2.75, 3.05) is 18.1 Å². The molecule has 6 heteroatoms. The molecule has 0 fully saturated rings. The molecule has 0 atom stereocenters. The third-order valence-corrected chi connectivity index (χ3v) is 5.27. The van der Waals surface area contributed by atoms with E-state index in [4.69, 9.17) is 5.11 Å². The lowest BCUT2D eigenvalue weighted by Gasteiger charge is -1.98. The van der Waals surface area contributed by atoms with E-state index in [2.05, 4.69) is 24.0 Å². The first-order chi connectivity index (χ1) is 14.1. The Morgan fingerprint density at radius 2 is 1.62 bits per heavy atom. The summed E-state index contributed by atoms with van der Waals surface area (Å²) in [5.41, 5.74) is 3.16. The minimum Gasteiger partial charge on any atom is -0.481 e. The van der Waals surface area contributed by atoms with Gasteiger partial charge in [-0.3, -0.25) is 14.9 Å². The number of rotatable bonds is 20. The molecule has 0 aromatic heterocycles. The van der Waals surface area contributed by atoms with Crippen molar-refractivity contribution in [2.45, 2.75) is 77.0 Å². The third-order valence-electron chi connectivity index (χ3n) is 4.20. The van der Waals surface area contributed by atoms with E-state index in [9.17, 15) is 14.9 Å². The number of thioether (sulfide) groups is 1. The van der Waals surface area contributed by atoms with Crippen molar-refractivity contribution in [3.63, 3.8) is 0 Å². The number of carboxylic acid groups (broad SMARTS) is 1. The number of carbonyl (C=O) groups is 1. The quantitative estimate of drug-likeness (QED) is 0.0597. The maximum atomic E-state index is 10.4. The minimum absolute atomic E-state index is 0.108. The Hall–Kier alpha value is -1.78. The summed E-state index contributed by atoms with van der Waals surface area (Å²) in [6.07, 6.45) is 24.4. The van der Waals surface area contributed by atoms with Crippen LogP contribution >= 0.6 is 11.8 Å². The standard InChI is InChI=1S/C23H37NO4S/c25-23(26)19-22-29-21-18-16-14-12-10-8-6-4-2-1-3-5-7-9-11-13-15-17-20-24(27)28/h1,3-4,8,10,12H,2,5,7,9,11,13-22H2,(H,25,26)/b3-1+,12-10+. The van der Waals surface area contributed by atoms with Gasteiger partial charge < -0.3 is 5.11 Å². The highest BCUT2D eigenvalue weighted by Crippen LogP contribution is 2.09. The summed E-state index contributed by atoms with van der Waals surface area (Å²) in [6, 6.07) is 0. The SMILES string of the molecule is O=C(O)CCSCCCC/C=C/C=C=CC/C=C/CCCCCCCC[N+](=O)[O-]. The van der Waals surface area contributed by atoms with E-state index >= 15 is 0 Å². The number of carboxylic acids is 1. The summed E-state index contributed by atoms with van der Waals surface area (Å²) in [5, 5.41) is 18.7. The Morgan fingerprint density at radius 3 is 2.38 bits per heavy atom. The first-order valence-electron chi connectivity index (χ1n) is 10.8. The van der Waals surface area contributed by atoms with E-state index in [1.54, 1.807) is 11.8 Å². The van der Waals surface area contributed by atoms with Crippen LogP contribution in [0.5, 0.6) is 0 Å². The predicted molar refractivity (Wildman–Crippen MR) is 123 cm³/mol. The predicted octanol–water partition coefficient (Wildman–Crippen LogP) is 6.59. The molecule has 1 N–H and O–H groups in total. The van der Waals surface area contributed by atoms with Gasteiger partial charge in [-0.2, -0.15) is 11.8 Å². The molecule has 0 aromatic carbocycles. The number of nitro groups is 1. The number of allylic oxidation sites excluding steroid dienone is 5. The number of unbranched alkanes of at least 4 members (excludes halogenated alkanes) is 8. The molecule has 29 heavy (non-hydrogen) atoms. The zero-order chi connectivity index (χ0) is 21.4. The first-order valence-corrected chi connectivity index (χ1v) is 11.9. The van der Waals surface area contributed by atoms with Gasteiger partial charge in [0.1, 0.15) is 0 Å². The van der Waals surface area contributed by atoms with Crippen molar-refractivity contribution in [1.29, 1.82) is 0 Å². The van der Waals surface area contributed by atoms with Crippen LogP contribution < -0.4 is 0 Å². The molecular formula is C23H37NO4S. The summed E-state index contributed by atoms with van der Waals surface area (Å²) in [6.45, 7) is 0.108. The second kappa shape index (κ2) is 22.5. The second-order valence-electron chi connectivity index (χ2n) is 6.89. The van der Waals surface area contributed by atoms with Gasteiger partial charge in [-0.25, -0.2) is 0 Å². The van der Waals surface area contributed by atoms with Crippen molar-refractivity contribution in [3.05, 3.63) is 52.3 Å². The lowest BCUT2D eigenvalue weighted by molar-refractivity contribution is -0.480. The second-order valence-corrected chi connectivity index (χ2v) is 8.12. The van der Waals surface area contributed by atoms with Crippen LogP contribution in [0.4, 0.5) is 0 Å². The van der Waals surface area contributed by atoms with Crippen LogP contribution in [-0.2, 0) is 4.79 Å². The summed E-state index contributed by atoms with van der Waals surface area (Å²) in [5.74, 6) is 1.03. The van der Waals surface area contributed by atoms with Gasteiger partial charge in [-0.05, 0) is 62.9 Å². The van der Waals surface area contributed by atoms with E-state index in [0.29, 0.717) is 12.2 Å². The molecule has 5 nitrogen and oxygen atoms in total. The molecule has 0 heterocycles. The smallest absolute Gasteiger partial charge is 0.304 e. The summed E-state index contributed by atoms with van der Waals surface area (Å²) in [4.78, 5) is 20.3. The van der Waals surface area contributed by atoms with Crippen molar-refractivity contribution >= 4 is 17.7 Å². The van der Waals surface area contributed by atoms with Crippen molar-refractivity contribution in [3.8, 4) is 0 Å². The van der Waals surface area contributed by atoms with Crippen molar-refractivity contribution in [1.82, 2.24) is 0 Å². The number of aliphatic carboxylic acids is 1. The van der Waals surface area contributed by atoms with Gasteiger partial charge in [0.15, 0.2) is 0 Å². The van der Waals surface area contributed by atoms with Gasteiger partial charge in [-0.1, -0.05) is 43.6 Å². The average molecular weight is 424 g/mol. The Bertz CT molecular complexity index is 537. The van der Waals surface area contributed by atoms with Gasteiger partial charge in [0.25, 0.3) is 0 Å². The minimum atomic E-state index is -0.716. The number of hydrogen-bond donors (Lipinski definition) is 1. The van der Waals surface area contributed by atoms with Crippen LogP contribution in [0.2, 0.25) is 0 Å². The molecule has 164 valence electrons. The molecule has 0 spiro atoms. The molecule has 0 unspecified atom stereocenters. The Balaban J connectivity index is 3.39. The van der Waals surface area contributed by atoms with Crippen molar-refractivity contribution in [2.24, 2.45) is 0 Å². The highest BCUT2D eigenvalue weighted by atomic mass is 32.2. The zero-order valence-corrected chi connectivity index (χ0v) is 18.4. The van der Waals surface area contributed by atoms with E-state index in [-0.39, 0.29) is 17.9 Å². The zero-order valence-electron chi connectivity index (χ0n) is 17.6. The summed E-state index contributed by atoms with van der Waals surface area (Å²) < 4.78 is 0. The molecule has 0 saturated carbocycles.